The number of carbonyl (C=O) groups excluding carboxylic acids is 3. The van der Waals surface area contributed by atoms with Crippen molar-refractivity contribution < 1.29 is 19.1 Å². The summed E-state index contributed by atoms with van der Waals surface area (Å²) in [6, 6.07) is 11.0. The van der Waals surface area contributed by atoms with E-state index in [0.717, 1.165) is 37.8 Å². The first-order chi connectivity index (χ1) is 13.8. The van der Waals surface area contributed by atoms with Crippen molar-refractivity contribution in [3.05, 3.63) is 62.5 Å². The number of nitrogens with one attached hydrogen (secondary N) is 1. The van der Waals surface area contributed by atoms with Gasteiger partial charge in [0.1, 0.15) is 12.3 Å². The van der Waals surface area contributed by atoms with Gasteiger partial charge >= 0.3 is 0 Å². The third kappa shape index (κ3) is 4.71. The van der Waals surface area contributed by atoms with Gasteiger partial charge in [-0.25, -0.2) is 0 Å². The summed E-state index contributed by atoms with van der Waals surface area (Å²) in [4.78, 5) is 38.6. The molecule has 1 fully saturated rings. The second kappa shape index (κ2) is 8.84. The first-order valence-corrected chi connectivity index (χ1v) is 10.4. The molecule has 1 aliphatic rings. The van der Waals surface area contributed by atoms with Crippen LogP contribution in [0.4, 0.5) is 10.5 Å². The summed E-state index contributed by atoms with van der Waals surface area (Å²) >= 11 is 4.21. The number of benzene rings is 2. The Morgan fingerprint density at radius 3 is 2.52 bits per heavy atom. The average Bonchev–Trinajstić information content (AvgIpc) is 2.92. The number of rotatable bonds is 5. The van der Waals surface area contributed by atoms with E-state index in [2.05, 4.69) is 21.2 Å². The van der Waals surface area contributed by atoms with Crippen molar-refractivity contribution in [2.75, 3.05) is 19.0 Å². The highest BCUT2D eigenvalue weighted by Gasteiger charge is 2.36. The predicted octanol–water partition coefficient (Wildman–Crippen LogP) is 4.75. The van der Waals surface area contributed by atoms with E-state index in [-0.39, 0.29) is 11.4 Å². The van der Waals surface area contributed by atoms with Crippen LogP contribution in [-0.4, -0.2) is 35.6 Å². The third-order valence-corrected chi connectivity index (χ3v) is 5.92. The number of ether oxygens (including phenoxy) is 1. The number of anilines is 1. The molecule has 2 aromatic carbocycles. The molecule has 1 N–H and O–H groups in total. The van der Waals surface area contributed by atoms with E-state index in [1.165, 1.54) is 0 Å². The summed E-state index contributed by atoms with van der Waals surface area (Å²) in [5.74, 6) is -0.236. The summed E-state index contributed by atoms with van der Waals surface area (Å²) in [6.45, 7) is 3.44. The molecule has 3 rings (SSSR count). The Morgan fingerprint density at radius 1 is 1.21 bits per heavy atom. The van der Waals surface area contributed by atoms with Crippen molar-refractivity contribution in [3.8, 4) is 5.75 Å². The monoisotopic (exact) mass is 474 g/mol. The number of hydrogen-bond acceptors (Lipinski definition) is 5. The molecule has 1 aliphatic heterocycles. The molecule has 0 unspecified atom stereocenters. The molecule has 3 amide bonds. The third-order valence-electron chi connectivity index (χ3n) is 4.39. The summed E-state index contributed by atoms with van der Waals surface area (Å²) in [5.41, 5.74) is 3.26. The lowest BCUT2D eigenvalue weighted by molar-refractivity contribution is -0.127. The van der Waals surface area contributed by atoms with Crippen molar-refractivity contribution in [2.24, 2.45) is 0 Å². The van der Waals surface area contributed by atoms with Crippen LogP contribution in [0.3, 0.4) is 0 Å². The fourth-order valence-corrected chi connectivity index (χ4v) is 4.29. The number of nitrogens with zero attached hydrogens (tertiary/aromatic N) is 1. The van der Waals surface area contributed by atoms with Gasteiger partial charge in [-0.15, -0.1) is 0 Å². The van der Waals surface area contributed by atoms with Crippen molar-refractivity contribution in [1.82, 2.24) is 4.90 Å². The normalized spacial score (nSPS) is 15.2. The minimum atomic E-state index is -0.483. The maximum Gasteiger partial charge on any atom is 0.294 e. The van der Waals surface area contributed by atoms with Crippen molar-refractivity contribution in [1.29, 1.82) is 0 Å². The number of imide groups is 1. The highest BCUT2D eigenvalue weighted by molar-refractivity contribution is 9.10. The van der Waals surface area contributed by atoms with Crippen LogP contribution in [0.25, 0.3) is 6.08 Å². The molecule has 0 saturated carbocycles. The summed E-state index contributed by atoms with van der Waals surface area (Å²) in [6.07, 6.45) is 1.62. The summed E-state index contributed by atoms with van der Waals surface area (Å²) in [7, 11) is 1.56. The van der Waals surface area contributed by atoms with Crippen LogP contribution >= 0.6 is 27.7 Å². The lowest BCUT2D eigenvalue weighted by Gasteiger charge is -2.15. The molecule has 0 aliphatic carbocycles. The number of methoxy groups -OCH3 is 1. The number of carbonyl (C=O) groups is 3. The van der Waals surface area contributed by atoms with Gasteiger partial charge in [0, 0.05) is 5.69 Å². The van der Waals surface area contributed by atoms with Crippen LogP contribution in [0.1, 0.15) is 16.7 Å². The van der Waals surface area contributed by atoms with E-state index in [4.69, 9.17) is 4.74 Å². The minimum absolute atomic E-state index is 0.270. The van der Waals surface area contributed by atoms with Gasteiger partial charge in [-0.2, -0.15) is 0 Å². The second-order valence-electron chi connectivity index (χ2n) is 6.48. The second-order valence-corrected chi connectivity index (χ2v) is 8.32. The van der Waals surface area contributed by atoms with Gasteiger partial charge in [0.2, 0.25) is 5.91 Å². The average molecular weight is 475 g/mol. The van der Waals surface area contributed by atoms with Crippen LogP contribution in [0.15, 0.2) is 45.8 Å². The van der Waals surface area contributed by atoms with Crippen molar-refractivity contribution in [2.45, 2.75) is 13.8 Å². The van der Waals surface area contributed by atoms with Gasteiger partial charge in [0.25, 0.3) is 11.1 Å². The molecular formula is C21H19BrN2O4S. The molecule has 8 heteroatoms. The number of para-hydroxylation sites is 1. The molecule has 0 bridgehead atoms. The molecule has 0 aromatic heterocycles. The Bertz CT molecular complexity index is 1020. The van der Waals surface area contributed by atoms with E-state index >= 15 is 0 Å². The Kier molecular flexibility index (Phi) is 6.44. The zero-order chi connectivity index (χ0) is 21.1. The lowest BCUT2D eigenvalue weighted by atomic mass is 10.1. The number of halogens is 1. The maximum atomic E-state index is 12.6. The Labute approximate surface area is 181 Å². The molecule has 1 saturated heterocycles. The zero-order valence-electron chi connectivity index (χ0n) is 16.1. The molecular weight excluding hydrogens is 456 g/mol. The Balaban J connectivity index is 1.73. The lowest BCUT2D eigenvalue weighted by Crippen LogP contribution is -2.36. The van der Waals surface area contributed by atoms with Gasteiger partial charge in [-0.3, -0.25) is 19.3 Å². The first-order valence-electron chi connectivity index (χ1n) is 8.75. The summed E-state index contributed by atoms with van der Waals surface area (Å²) < 4.78 is 5.92. The molecule has 150 valence electrons. The highest BCUT2D eigenvalue weighted by Crippen LogP contribution is 2.33. The molecule has 0 atom stereocenters. The number of amides is 3. The smallest absolute Gasteiger partial charge is 0.294 e. The molecule has 2 aromatic rings. The summed E-state index contributed by atoms with van der Waals surface area (Å²) in [5, 5.41) is 2.33. The highest BCUT2D eigenvalue weighted by atomic mass is 79.9. The Morgan fingerprint density at radius 2 is 1.90 bits per heavy atom. The number of thioether (sulfide) groups is 1. The molecule has 0 spiro atoms. The van der Waals surface area contributed by atoms with Gasteiger partial charge in [0.05, 0.1) is 16.5 Å². The zero-order valence-corrected chi connectivity index (χ0v) is 18.5. The quantitative estimate of drug-likeness (QED) is 0.632. The van der Waals surface area contributed by atoms with Crippen LogP contribution in [0.5, 0.6) is 5.75 Å². The SMILES string of the molecule is COc1ccc(/C=C2/SC(=O)N(CC(=O)Nc3c(C)cccc3C)C2=O)cc1Br. The van der Waals surface area contributed by atoms with Crippen molar-refractivity contribution >= 4 is 56.5 Å². The fraction of sp³-hybridized carbons (Fsp3) is 0.190. The molecule has 29 heavy (non-hydrogen) atoms. The van der Waals surface area contributed by atoms with Crippen molar-refractivity contribution in [3.63, 3.8) is 0 Å². The van der Waals surface area contributed by atoms with Gasteiger partial charge in [-0.1, -0.05) is 24.3 Å². The molecule has 6 nitrogen and oxygen atoms in total. The van der Waals surface area contributed by atoms with Gasteiger partial charge in [0.15, 0.2) is 0 Å². The molecule has 1 heterocycles. The topological polar surface area (TPSA) is 75.7 Å². The number of hydrogen-bond donors (Lipinski definition) is 1. The van der Waals surface area contributed by atoms with E-state index < -0.39 is 17.1 Å². The van der Waals surface area contributed by atoms with E-state index in [0.29, 0.717) is 11.4 Å². The minimum Gasteiger partial charge on any atom is -0.496 e. The largest absolute Gasteiger partial charge is 0.496 e. The van der Waals surface area contributed by atoms with Crippen LogP contribution in [0.2, 0.25) is 0 Å². The van der Waals surface area contributed by atoms with Gasteiger partial charge in [-0.05, 0) is 76.4 Å². The maximum absolute atomic E-state index is 12.6. The van der Waals surface area contributed by atoms with E-state index in [1.807, 2.05) is 32.0 Å². The van der Waals surface area contributed by atoms with E-state index in [9.17, 15) is 14.4 Å². The first kappa shape index (κ1) is 21.1. The van der Waals surface area contributed by atoms with Crippen LogP contribution in [-0.2, 0) is 9.59 Å². The van der Waals surface area contributed by atoms with Crippen LogP contribution < -0.4 is 10.1 Å². The molecule has 0 radical (unpaired) electrons. The number of aryl methyl sites for hydroxylation is 2. The van der Waals surface area contributed by atoms with E-state index in [1.54, 1.807) is 31.4 Å². The van der Waals surface area contributed by atoms with Gasteiger partial charge < -0.3 is 10.1 Å². The fourth-order valence-electron chi connectivity index (χ4n) is 2.89. The van der Waals surface area contributed by atoms with Crippen LogP contribution in [0, 0.1) is 13.8 Å². The standard InChI is InChI=1S/C21H19BrN2O4S/c1-12-5-4-6-13(2)19(12)23-18(25)11-24-20(26)17(29-21(24)27)10-14-7-8-16(28-3)15(22)9-14/h4-10H,11H2,1-3H3,(H,23,25)/b17-10+. The predicted molar refractivity (Wildman–Crippen MR) is 118 cm³/mol. The Hall–Kier alpha value is -2.58.